The van der Waals surface area contributed by atoms with Crippen molar-refractivity contribution in [3.63, 3.8) is 0 Å². The van der Waals surface area contributed by atoms with E-state index in [2.05, 4.69) is 20.4 Å². The Balaban J connectivity index is 1.07. The Bertz CT molecular complexity index is 3100. The van der Waals surface area contributed by atoms with Crippen molar-refractivity contribution in [1.29, 1.82) is 0 Å². The molecule has 4 aliphatic rings. The first kappa shape index (κ1) is 47.5. The molecule has 376 valence electrons. The highest BCUT2D eigenvalue weighted by Crippen LogP contribution is 2.49. The van der Waals surface area contributed by atoms with Crippen LogP contribution in [0.25, 0.3) is 33.1 Å². The van der Waals surface area contributed by atoms with Crippen molar-refractivity contribution in [2.45, 2.75) is 90.1 Å². The van der Waals surface area contributed by atoms with Crippen molar-refractivity contribution < 1.29 is 45.6 Å². The van der Waals surface area contributed by atoms with E-state index < -0.39 is 52.9 Å². The number of nitrogens with one attached hydrogen (secondary N) is 1. The number of fused-ring (bicyclic) bond motifs is 2. The first-order valence-corrected chi connectivity index (χ1v) is 24.3. The van der Waals surface area contributed by atoms with E-state index in [0.29, 0.717) is 66.4 Å². The molecule has 0 amide bonds. The van der Waals surface area contributed by atoms with Crippen molar-refractivity contribution in [1.82, 2.24) is 35.0 Å². The van der Waals surface area contributed by atoms with Gasteiger partial charge >= 0.3 is 12.2 Å². The fraction of sp³-hybridized carbons (Fsp3) is 0.415. The van der Waals surface area contributed by atoms with Crippen LogP contribution in [-0.2, 0) is 24.0 Å². The van der Waals surface area contributed by atoms with Crippen LogP contribution < -0.4 is 34.1 Å². The average molecular weight is 992 g/mol. The Morgan fingerprint density at radius 3 is 2.28 bits per heavy atom. The third-order valence-electron chi connectivity index (χ3n) is 14.6. The van der Waals surface area contributed by atoms with E-state index in [1.165, 1.54) is 31.5 Å². The topological polar surface area (TPSA) is 134 Å². The molecule has 1 N–H and O–H groups in total. The van der Waals surface area contributed by atoms with Crippen LogP contribution in [-0.4, -0.2) is 82.4 Å². The van der Waals surface area contributed by atoms with Gasteiger partial charge < -0.3 is 38.8 Å². The van der Waals surface area contributed by atoms with Gasteiger partial charge in [0.1, 0.15) is 58.8 Å². The van der Waals surface area contributed by atoms with Gasteiger partial charge in [0.15, 0.2) is 12.0 Å². The summed E-state index contributed by atoms with van der Waals surface area (Å²) in [5.41, 5.74) is -0.00611. The molecule has 0 spiro atoms. The number of nitrogens with zero attached hydrogens (tertiary/aromatic N) is 8. The molecule has 0 bridgehead atoms. The quantitative estimate of drug-likeness (QED) is 0.104. The number of hydrogen-bond acceptors (Lipinski definition) is 13. The summed E-state index contributed by atoms with van der Waals surface area (Å²) in [6.45, 7) is 7.22. The predicted octanol–water partition coefficient (Wildman–Crippen LogP) is 10.3. The number of hydrogen-bond donors (Lipinski definition) is 1. The normalized spacial score (nSPS) is 21.0. The molecule has 14 nitrogen and oxygen atoms in total. The summed E-state index contributed by atoms with van der Waals surface area (Å²) in [4.78, 5) is 22.9. The summed E-state index contributed by atoms with van der Waals surface area (Å²) in [7, 11) is 3.20. The largest absolute Gasteiger partial charge is 0.497 e. The van der Waals surface area contributed by atoms with Crippen LogP contribution in [0.5, 0.6) is 23.4 Å². The molecule has 7 heterocycles. The number of anilines is 2. The second-order valence-electron chi connectivity index (χ2n) is 19.3. The smallest absolute Gasteiger partial charge is 0.417 e. The zero-order valence-corrected chi connectivity index (χ0v) is 40.5. The predicted molar refractivity (Wildman–Crippen MR) is 259 cm³/mol. The number of piperidine rings is 1. The molecular formula is C53H54F5N9O5. The van der Waals surface area contributed by atoms with Crippen molar-refractivity contribution in [2.75, 3.05) is 50.4 Å². The summed E-state index contributed by atoms with van der Waals surface area (Å²) >= 11 is 0. The Labute approximate surface area is 412 Å². The van der Waals surface area contributed by atoms with Gasteiger partial charge in [-0.2, -0.15) is 28.2 Å². The molecule has 3 aliphatic heterocycles. The van der Waals surface area contributed by atoms with Crippen LogP contribution >= 0.6 is 0 Å². The molecule has 1 saturated carbocycles. The van der Waals surface area contributed by atoms with Gasteiger partial charge in [-0.1, -0.05) is 24.3 Å². The maximum absolute atomic E-state index is 18.1. The van der Waals surface area contributed by atoms with Crippen molar-refractivity contribution in [3.05, 3.63) is 113 Å². The van der Waals surface area contributed by atoms with Gasteiger partial charge in [0.25, 0.3) is 0 Å². The number of halogens is 5. The minimum atomic E-state index is -4.93. The molecule has 0 radical (unpaired) electrons. The Morgan fingerprint density at radius 2 is 1.65 bits per heavy atom. The van der Waals surface area contributed by atoms with Gasteiger partial charge in [-0.05, 0) is 118 Å². The van der Waals surface area contributed by atoms with Gasteiger partial charge in [-0.15, -0.1) is 0 Å². The van der Waals surface area contributed by atoms with E-state index >= 15 is 22.0 Å². The number of pyridine rings is 2. The highest BCUT2D eigenvalue weighted by molar-refractivity contribution is 6.02. The van der Waals surface area contributed by atoms with Gasteiger partial charge in [0, 0.05) is 42.3 Å². The summed E-state index contributed by atoms with van der Waals surface area (Å²) in [5, 5.41) is 8.06. The molecular weight excluding hydrogens is 938 g/mol. The summed E-state index contributed by atoms with van der Waals surface area (Å²) < 4.78 is 111. The number of aromatic nitrogens is 6. The molecule has 6 atom stereocenters. The highest BCUT2D eigenvalue weighted by atomic mass is 19.4. The number of ether oxygens (including phenoxy) is 5. The molecule has 19 heteroatoms. The first-order chi connectivity index (χ1) is 34.8. The van der Waals surface area contributed by atoms with Crippen LogP contribution in [0.3, 0.4) is 0 Å². The summed E-state index contributed by atoms with van der Waals surface area (Å²) in [5.74, 6) is 1.05. The fourth-order valence-corrected chi connectivity index (χ4v) is 10.8. The van der Waals surface area contributed by atoms with Crippen molar-refractivity contribution in [2.24, 2.45) is 11.8 Å². The molecule has 2 saturated heterocycles. The number of aryl methyl sites for hydroxylation is 1. The SMILES string of the molecule is COc1ccc(CN(Cc2ccc(OC)cc2)c2ncc(F)cc2[C@@H](C)N2c3nc(OC[C@H]4NC[C@@H]5C[C@@H]54)nc4c(F)c(-c5c(C(F)(F)F)c(C)cc6c5cnn6C5CCCCO5)nc(c34)OC[C@@H]2C)cc1. The Hall–Kier alpha value is -6.86. The monoisotopic (exact) mass is 991 g/mol. The lowest BCUT2D eigenvalue weighted by atomic mass is 9.94. The van der Waals surface area contributed by atoms with Crippen molar-refractivity contribution in [3.8, 4) is 34.6 Å². The van der Waals surface area contributed by atoms with Gasteiger partial charge in [-0.3, -0.25) is 0 Å². The summed E-state index contributed by atoms with van der Waals surface area (Å²) in [6, 6.07) is 16.6. The van der Waals surface area contributed by atoms with Crippen LogP contribution in [0.2, 0.25) is 0 Å². The van der Waals surface area contributed by atoms with E-state index in [4.69, 9.17) is 33.7 Å². The van der Waals surface area contributed by atoms with Crippen LogP contribution in [0.4, 0.5) is 33.6 Å². The molecule has 4 aromatic heterocycles. The van der Waals surface area contributed by atoms with Gasteiger partial charge in [0.2, 0.25) is 5.88 Å². The number of alkyl halides is 3. The minimum absolute atomic E-state index is 0.00189. The number of benzene rings is 3. The Kier molecular flexibility index (Phi) is 12.5. The zero-order chi connectivity index (χ0) is 50.0. The van der Waals surface area contributed by atoms with Crippen LogP contribution in [0, 0.1) is 30.4 Å². The van der Waals surface area contributed by atoms with E-state index in [-0.39, 0.29) is 58.8 Å². The lowest BCUT2D eigenvalue weighted by Crippen LogP contribution is -2.40. The molecule has 11 rings (SSSR count). The molecule has 1 aliphatic carbocycles. The lowest BCUT2D eigenvalue weighted by molar-refractivity contribution is -0.137. The second kappa shape index (κ2) is 19.0. The number of methoxy groups -OCH3 is 2. The average Bonchev–Trinajstić information content (AvgIpc) is 3.90. The minimum Gasteiger partial charge on any atom is -0.497 e. The molecule has 3 fully saturated rings. The van der Waals surface area contributed by atoms with Crippen LogP contribution in [0.15, 0.2) is 73.1 Å². The maximum atomic E-state index is 18.1. The van der Waals surface area contributed by atoms with E-state index in [1.807, 2.05) is 72.2 Å². The van der Waals surface area contributed by atoms with E-state index in [9.17, 15) is 0 Å². The van der Waals surface area contributed by atoms with E-state index in [1.54, 1.807) is 18.9 Å². The first-order valence-electron chi connectivity index (χ1n) is 24.3. The summed E-state index contributed by atoms with van der Waals surface area (Å²) in [6.07, 6.45) is 0.405. The lowest BCUT2D eigenvalue weighted by Gasteiger charge is -2.37. The van der Waals surface area contributed by atoms with Gasteiger partial charge in [-0.25, -0.2) is 23.4 Å². The highest BCUT2D eigenvalue weighted by Gasteiger charge is 2.48. The third kappa shape index (κ3) is 8.83. The third-order valence-corrected chi connectivity index (χ3v) is 14.6. The molecule has 3 aromatic carbocycles. The molecule has 1 unspecified atom stereocenters. The molecule has 72 heavy (non-hydrogen) atoms. The maximum Gasteiger partial charge on any atom is 0.417 e. The second-order valence-corrected chi connectivity index (χ2v) is 19.3. The number of rotatable bonds is 14. The standard InChI is InChI=1S/C53H54F5N9O5/c1-28-18-41-39(23-61-67(41)42-8-6-7-17-70-42)43(45(28)53(56,57)58)47-46(55)48-44-50(64-52(63-48)72-27-40-38-19-33(38)21-59-40)66(29(2)26-71-51(44)62-47)30(3)37-20-34(54)22-60-49(37)65(24-31-9-13-35(68-4)14-10-31)25-32-11-15-36(69-5)16-12-32/h9-16,18,20,22-23,29-30,33,38,40,42,59H,6-8,17,19,21,24-27H2,1-5H3/t29-,30+,33-,38-,40+,42?/m0/s1. The van der Waals surface area contributed by atoms with Crippen LogP contribution in [0.1, 0.15) is 79.6 Å². The van der Waals surface area contributed by atoms with E-state index in [0.717, 1.165) is 36.9 Å². The zero-order valence-electron chi connectivity index (χ0n) is 40.5. The molecule has 7 aromatic rings. The van der Waals surface area contributed by atoms with Crippen molar-refractivity contribution >= 4 is 33.4 Å². The van der Waals surface area contributed by atoms with Gasteiger partial charge in [0.05, 0.1) is 49.8 Å². The fourth-order valence-electron chi connectivity index (χ4n) is 10.8. The Morgan fingerprint density at radius 1 is 0.931 bits per heavy atom.